The fourth-order valence-electron chi connectivity index (χ4n) is 2.54. The van der Waals surface area contributed by atoms with E-state index in [2.05, 4.69) is 23.8 Å². The van der Waals surface area contributed by atoms with Gasteiger partial charge in [-0.15, -0.1) is 11.3 Å². The summed E-state index contributed by atoms with van der Waals surface area (Å²) in [7, 11) is 0.339. The first-order valence-corrected chi connectivity index (χ1v) is 10.1. The van der Waals surface area contributed by atoms with Crippen molar-refractivity contribution < 1.29 is 8.95 Å². The van der Waals surface area contributed by atoms with Crippen LogP contribution in [0, 0.1) is 0 Å². The van der Waals surface area contributed by atoms with Crippen LogP contribution in [0.5, 0.6) is 0 Å². The van der Waals surface area contributed by atoms with Gasteiger partial charge in [-0.25, -0.2) is 9.97 Å². The second-order valence-corrected chi connectivity index (χ2v) is 8.01. The molecule has 8 heteroatoms. The molecule has 0 spiro atoms. The first kappa shape index (κ1) is 17.9. The van der Waals surface area contributed by atoms with Gasteiger partial charge in [0.1, 0.15) is 10.7 Å². The van der Waals surface area contributed by atoms with E-state index in [-0.39, 0.29) is 6.04 Å². The Morgan fingerprint density at radius 3 is 2.72 bits per heavy atom. The van der Waals surface area contributed by atoms with Crippen molar-refractivity contribution in [2.24, 2.45) is 0 Å². The van der Waals surface area contributed by atoms with Crippen LogP contribution in [-0.2, 0) is 15.5 Å². The van der Waals surface area contributed by atoms with Crippen molar-refractivity contribution >= 4 is 22.1 Å². The molecule has 3 aromatic heterocycles. The number of hydrogen-bond donors (Lipinski definition) is 0. The molecule has 0 bridgehead atoms. The van der Waals surface area contributed by atoms with Crippen molar-refractivity contribution in [3.05, 3.63) is 36.0 Å². The Morgan fingerprint density at radius 2 is 2.12 bits per heavy atom. The number of ether oxygens (including phenoxy) is 1. The van der Waals surface area contributed by atoms with Crippen LogP contribution in [0.15, 0.2) is 41.1 Å². The van der Waals surface area contributed by atoms with E-state index in [0.29, 0.717) is 17.5 Å². The average molecular weight is 377 g/mol. The topological polar surface area (TPSA) is 69.9 Å². The summed E-state index contributed by atoms with van der Waals surface area (Å²) < 4.78 is 19.9. The molecule has 3 heterocycles. The van der Waals surface area contributed by atoms with Crippen LogP contribution < -0.4 is 0 Å². The number of nitrogens with zero attached hydrogens (tertiary/aromatic N) is 4. The highest BCUT2D eigenvalue weighted by atomic mass is 32.2. The maximum absolute atomic E-state index is 12.8. The lowest BCUT2D eigenvalue weighted by Crippen LogP contribution is -2.13. The number of pyridine rings is 1. The van der Waals surface area contributed by atoms with Crippen LogP contribution in [-0.4, -0.2) is 43.2 Å². The summed E-state index contributed by atoms with van der Waals surface area (Å²) >= 11 is 1.51. The molecule has 0 saturated heterocycles. The summed E-state index contributed by atoms with van der Waals surface area (Å²) in [4.78, 5) is 13.6. The number of rotatable bonds is 7. The van der Waals surface area contributed by atoms with Gasteiger partial charge < -0.3 is 9.30 Å². The normalized spacial score (nSPS) is 12.6. The van der Waals surface area contributed by atoms with Gasteiger partial charge in [0.2, 0.25) is 5.16 Å². The summed E-state index contributed by atoms with van der Waals surface area (Å²) in [6, 6.07) is 5.84. The maximum Gasteiger partial charge on any atom is 0.200 e. The molecule has 0 saturated carbocycles. The number of hydrogen-bond acceptors (Lipinski definition) is 6. The largest absolute Gasteiger partial charge is 0.384 e. The van der Waals surface area contributed by atoms with Crippen LogP contribution >= 0.6 is 11.3 Å². The molecule has 6 nitrogen and oxygen atoms in total. The second kappa shape index (κ2) is 7.99. The average Bonchev–Trinajstić information content (AvgIpc) is 3.27. The van der Waals surface area contributed by atoms with Gasteiger partial charge in [0.15, 0.2) is 0 Å². The lowest BCUT2D eigenvalue weighted by atomic mass is 10.2. The summed E-state index contributed by atoms with van der Waals surface area (Å²) in [5.74, 6) is 0.402. The third kappa shape index (κ3) is 3.70. The number of methoxy groups -OCH3 is 1. The molecule has 1 atom stereocenters. The van der Waals surface area contributed by atoms with E-state index in [1.807, 2.05) is 28.1 Å². The van der Waals surface area contributed by atoms with Crippen molar-refractivity contribution in [1.29, 1.82) is 0 Å². The number of aromatic nitrogens is 4. The molecule has 0 N–H and O–H groups in total. The maximum atomic E-state index is 12.8. The van der Waals surface area contributed by atoms with Gasteiger partial charge in [0.05, 0.1) is 34.5 Å². The monoisotopic (exact) mass is 376 g/mol. The summed E-state index contributed by atoms with van der Waals surface area (Å²) in [5.41, 5.74) is 2.37. The molecular weight excluding hydrogens is 356 g/mol. The minimum absolute atomic E-state index is 0.0831. The lowest BCUT2D eigenvalue weighted by molar-refractivity contribution is 0.218. The SMILES string of the molecule is COCCS(=O)c1nc(-c2nccs2)c(-c2ccccn2)n1C(C)C. The zero-order valence-electron chi connectivity index (χ0n) is 14.4. The van der Waals surface area contributed by atoms with Crippen LogP contribution in [0.25, 0.3) is 22.1 Å². The molecule has 25 heavy (non-hydrogen) atoms. The van der Waals surface area contributed by atoms with Gasteiger partial charge in [0.25, 0.3) is 0 Å². The smallest absolute Gasteiger partial charge is 0.200 e. The van der Waals surface area contributed by atoms with Gasteiger partial charge in [-0.05, 0) is 26.0 Å². The van der Waals surface area contributed by atoms with Crippen molar-refractivity contribution in [3.63, 3.8) is 0 Å². The molecule has 0 radical (unpaired) electrons. The molecule has 0 aliphatic heterocycles. The van der Waals surface area contributed by atoms with Crippen LogP contribution in [0.2, 0.25) is 0 Å². The van der Waals surface area contributed by atoms with Gasteiger partial charge in [-0.1, -0.05) is 6.07 Å². The quantitative estimate of drug-likeness (QED) is 0.632. The molecule has 0 amide bonds. The number of imidazole rings is 1. The molecule has 3 rings (SSSR count). The fourth-order valence-corrected chi connectivity index (χ4v) is 4.38. The van der Waals surface area contributed by atoms with E-state index in [1.54, 1.807) is 19.5 Å². The Labute approximate surface area is 153 Å². The van der Waals surface area contributed by atoms with E-state index >= 15 is 0 Å². The highest BCUT2D eigenvalue weighted by Gasteiger charge is 2.26. The zero-order chi connectivity index (χ0) is 17.8. The van der Waals surface area contributed by atoms with Crippen LogP contribution in [0.3, 0.4) is 0 Å². The first-order valence-electron chi connectivity index (χ1n) is 7.94. The molecule has 1 unspecified atom stereocenters. The molecule has 132 valence electrons. The standard InChI is InChI=1S/C17H20N4O2S2/c1-12(2)21-15(13-6-4-5-7-18-13)14(16-19-8-10-24-16)20-17(21)25(22)11-9-23-3/h4-8,10,12H,9,11H2,1-3H3. The predicted molar refractivity (Wildman–Crippen MR) is 100 cm³/mol. The Balaban J connectivity index is 2.22. The van der Waals surface area contributed by atoms with Gasteiger partial charge in [-0.3, -0.25) is 9.19 Å². The fraction of sp³-hybridized carbons (Fsp3) is 0.353. The summed E-state index contributed by atoms with van der Waals surface area (Å²) in [6.07, 6.45) is 3.50. The van der Waals surface area contributed by atoms with E-state index in [9.17, 15) is 4.21 Å². The van der Waals surface area contributed by atoms with Crippen LogP contribution in [0.1, 0.15) is 19.9 Å². The molecule has 3 aromatic rings. The Hall–Kier alpha value is -1.90. The first-order chi connectivity index (χ1) is 12.1. The van der Waals surface area contributed by atoms with Crippen LogP contribution in [0.4, 0.5) is 0 Å². The molecular formula is C17H20N4O2S2. The van der Waals surface area contributed by atoms with Gasteiger partial charge in [-0.2, -0.15) is 0 Å². The molecule has 0 aromatic carbocycles. The summed E-state index contributed by atoms with van der Waals surface area (Å²) in [6.45, 7) is 4.52. The molecule has 0 aliphatic carbocycles. The van der Waals surface area contributed by atoms with Crippen molar-refractivity contribution in [2.75, 3.05) is 19.5 Å². The minimum Gasteiger partial charge on any atom is -0.384 e. The third-order valence-corrected chi connectivity index (χ3v) is 5.63. The third-order valence-electron chi connectivity index (χ3n) is 3.61. The second-order valence-electron chi connectivity index (χ2n) is 5.65. The Bertz CT molecular complexity index is 845. The van der Waals surface area contributed by atoms with Crippen molar-refractivity contribution in [2.45, 2.75) is 25.0 Å². The minimum atomic E-state index is -1.26. The highest BCUT2D eigenvalue weighted by molar-refractivity contribution is 7.84. The van der Waals surface area contributed by atoms with E-state index < -0.39 is 10.8 Å². The van der Waals surface area contributed by atoms with E-state index in [4.69, 9.17) is 9.72 Å². The lowest BCUT2D eigenvalue weighted by Gasteiger charge is -2.15. The highest BCUT2D eigenvalue weighted by Crippen LogP contribution is 2.35. The van der Waals surface area contributed by atoms with Gasteiger partial charge in [0, 0.05) is 30.9 Å². The van der Waals surface area contributed by atoms with Gasteiger partial charge >= 0.3 is 0 Å². The van der Waals surface area contributed by atoms with Crippen molar-refractivity contribution in [3.8, 4) is 22.1 Å². The molecule has 0 fully saturated rings. The predicted octanol–water partition coefficient (Wildman–Crippen LogP) is 3.40. The van der Waals surface area contributed by atoms with E-state index in [1.165, 1.54) is 11.3 Å². The Morgan fingerprint density at radius 1 is 1.28 bits per heavy atom. The molecule has 0 aliphatic rings. The zero-order valence-corrected chi connectivity index (χ0v) is 16.0. The Kier molecular flexibility index (Phi) is 5.72. The van der Waals surface area contributed by atoms with Crippen molar-refractivity contribution in [1.82, 2.24) is 19.5 Å². The summed E-state index contributed by atoms with van der Waals surface area (Å²) in [5, 5.41) is 3.25. The number of thiazole rings is 1. The van der Waals surface area contributed by atoms with E-state index in [0.717, 1.165) is 22.1 Å².